The summed E-state index contributed by atoms with van der Waals surface area (Å²) < 4.78 is 0. The molecule has 168 valence electrons. The molecule has 0 spiro atoms. The molecule has 2 N–H and O–H groups in total. The third kappa shape index (κ3) is 3.94. The van der Waals surface area contributed by atoms with E-state index in [1.165, 1.54) is 0 Å². The van der Waals surface area contributed by atoms with Gasteiger partial charge >= 0.3 is 0 Å². The Hall–Kier alpha value is -3.64. The van der Waals surface area contributed by atoms with E-state index in [-0.39, 0.29) is 23.3 Å². The second-order valence-electron chi connectivity index (χ2n) is 8.73. The van der Waals surface area contributed by atoms with E-state index in [1.807, 2.05) is 30.3 Å². The number of rotatable bonds is 4. The number of aryl methyl sites for hydroxylation is 2. The van der Waals surface area contributed by atoms with Crippen molar-refractivity contribution in [2.75, 3.05) is 5.32 Å². The number of anilines is 1. The average molecular weight is 466 g/mol. The number of thioether (sulfide) groups is 1. The van der Waals surface area contributed by atoms with Gasteiger partial charge in [-0.15, -0.1) is 11.8 Å². The number of nitrogens with zero attached hydrogens (tertiary/aromatic N) is 2. The van der Waals surface area contributed by atoms with Gasteiger partial charge in [0, 0.05) is 5.56 Å². The number of nitrogens with one attached hydrogen (secondary N) is 1. The molecule has 1 aliphatic heterocycles. The van der Waals surface area contributed by atoms with Gasteiger partial charge in [0.05, 0.1) is 28.8 Å². The number of fused-ring (bicyclic) bond motifs is 4. The zero-order valence-corrected chi connectivity index (χ0v) is 19.3. The van der Waals surface area contributed by atoms with Crippen LogP contribution in [0.25, 0.3) is 22.0 Å². The Kier molecular flexibility index (Phi) is 5.30. The Bertz CT molecular complexity index is 1460. The van der Waals surface area contributed by atoms with Crippen molar-refractivity contribution in [3.8, 4) is 17.0 Å². The van der Waals surface area contributed by atoms with Crippen LogP contribution >= 0.6 is 11.8 Å². The SMILES string of the molecule is O=C(Cc1ccc2ccccc2c1)Nc1nc2c(nc1C1CC=CS1)-c1ccc(O)cc1CC2. The van der Waals surface area contributed by atoms with Crippen molar-refractivity contribution in [2.45, 2.75) is 30.9 Å². The zero-order valence-electron chi connectivity index (χ0n) is 18.5. The standard InChI is InChI=1S/C28H23N3O2S/c32-21-10-11-22-20(16-21)9-12-23-26(22)31-27(24-6-3-13-34-24)28(29-23)30-25(33)15-17-7-8-18-4-1-2-5-19(18)14-17/h1-5,7-8,10-11,13-14,16,24,32H,6,9,12,15H2,(H,29,30,33). The number of hydrogen-bond acceptors (Lipinski definition) is 5. The molecule has 5 nitrogen and oxygen atoms in total. The van der Waals surface area contributed by atoms with E-state index < -0.39 is 0 Å². The van der Waals surface area contributed by atoms with Gasteiger partial charge in [0.15, 0.2) is 5.82 Å². The van der Waals surface area contributed by atoms with Gasteiger partial charge in [-0.3, -0.25) is 4.79 Å². The van der Waals surface area contributed by atoms with Gasteiger partial charge in [0.2, 0.25) is 5.91 Å². The molecule has 0 fully saturated rings. The lowest BCUT2D eigenvalue weighted by Gasteiger charge is -2.22. The Morgan fingerprint density at radius 2 is 1.91 bits per heavy atom. The van der Waals surface area contributed by atoms with Crippen LogP contribution in [0.1, 0.15) is 34.2 Å². The number of benzene rings is 3. The molecular formula is C28H23N3O2S. The van der Waals surface area contributed by atoms with E-state index in [0.29, 0.717) is 5.82 Å². The van der Waals surface area contributed by atoms with Crippen LogP contribution in [0.15, 0.2) is 72.1 Å². The maximum absolute atomic E-state index is 13.1. The zero-order chi connectivity index (χ0) is 23.1. The number of carbonyl (C=O) groups is 1. The average Bonchev–Trinajstić information content (AvgIpc) is 3.38. The number of amides is 1. The summed E-state index contributed by atoms with van der Waals surface area (Å²) in [6, 6.07) is 19.7. The second kappa shape index (κ2) is 8.61. The minimum absolute atomic E-state index is 0.0946. The molecule has 1 amide bonds. The van der Waals surface area contributed by atoms with E-state index >= 15 is 0 Å². The molecule has 6 rings (SSSR count). The Morgan fingerprint density at radius 3 is 2.76 bits per heavy atom. The molecule has 6 heteroatoms. The van der Waals surface area contributed by atoms with Crippen LogP contribution in [0, 0.1) is 0 Å². The van der Waals surface area contributed by atoms with E-state index in [1.54, 1.807) is 17.8 Å². The topological polar surface area (TPSA) is 75.1 Å². The van der Waals surface area contributed by atoms with Crippen molar-refractivity contribution < 1.29 is 9.90 Å². The Balaban J connectivity index is 1.32. The van der Waals surface area contributed by atoms with Crippen LogP contribution in [0.4, 0.5) is 5.82 Å². The number of allylic oxidation sites excluding steroid dienone is 1. The van der Waals surface area contributed by atoms with E-state index in [2.05, 4.69) is 41.1 Å². The van der Waals surface area contributed by atoms with Crippen LogP contribution < -0.4 is 5.32 Å². The van der Waals surface area contributed by atoms with Gasteiger partial charge in [-0.05, 0) is 64.8 Å². The van der Waals surface area contributed by atoms with Crippen LogP contribution in [0.5, 0.6) is 5.75 Å². The summed E-state index contributed by atoms with van der Waals surface area (Å²) in [5, 5.41) is 17.5. The molecule has 0 saturated heterocycles. The van der Waals surface area contributed by atoms with Crippen LogP contribution in [0.3, 0.4) is 0 Å². The van der Waals surface area contributed by atoms with Crippen LogP contribution in [-0.2, 0) is 24.1 Å². The fourth-order valence-corrected chi connectivity index (χ4v) is 5.66. The second-order valence-corrected chi connectivity index (χ2v) is 9.85. The maximum Gasteiger partial charge on any atom is 0.229 e. The fraction of sp³-hybridized carbons (Fsp3) is 0.179. The molecule has 1 aromatic heterocycles. The van der Waals surface area contributed by atoms with Gasteiger partial charge in [0.25, 0.3) is 0 Å². The van der Waals surface area contributed by atoms with E-state index in [9.17, 15) is 9.90 Å². The molecular weight excluding hydrogens is 442 g/mol. The summed E-state index contributed by atoms with van der Waals surface area (Å²) in [5.74, 6) is 0.736. The Labute approximate surface area is 202 Å². The van der Waals surface area contributed by atoms with Crippen molar-refractivity contribution in [1.29, 1.82) is 0 Å². The minimum Gasteiger partial charge on any atom is -0.508 e. The highest BCUT2D eigenvalue weighted by Gasteiger charge is 2.27. The number of aromatic nitrogens is 2. The fourth-order valence-electron chi connectivity index (χ4n) is 4.73. The molecule has 1 atom stereocenters. The first-order valence-corrected chi connectivity index (χ1v) is 12.4. The van der Waals surface area contributed by atoms with Crippen molar-refractivity contribution in [3.05, 3.63) is 94.7 Å². The van der Waals surface area contributed by atoms with E-state index in [4.69, 9.17) is 9.97 Å². The molecule has 0 bridgehead atoms. The summed E-state index contributed by atoms with van der Waals surface area (Å²) in [7, 11) is 0. The highest BCUT2D eigenvalue weighted by Crippen LogP contribution is 2.42. The van der Waals surface area contributed by atoms with Crippen molar-refractivity contribution in [1.82, 2.24) is 9.97 Å². The molecule has 3 aromatic carbocycles. The summed E-state index contributed by atoms with van der Waals surface area (Å²) in [6.07, 6.45) is 4.77. The quantitative estimate of drug-likeness (QED) is 0.388. The molecule has 1 aliphatic carbocycles. The van der Waals surface area contributed by atoms with Gasteiger partial charge in [0.1, 0.15) is 5.75 Å². The summed E-state index contributed by atoms with van der Waals surface area (Å²) in [5.41, 5.74) is 5.61. The molecule has 0 saturated carbocycles. The molecule has 2 heterocycles. The number of aromatic hydroxyl groups is 1. The number of phenolic OH excluding ortho intramolecular Hbond substituents is 1. The lowest BCUT2D eigenvalue weighted by molar-refractivity contribution is -0.115. The third-order valence-electron chi connectivity index (χ3n) is 6.40. The van der Waals surface area contributed by atoms with Gasteiger partial charge in [-0.1, -0.05) is 48.5 Å². The number of carbonyl (C=O) groups excluding carboxylic acids is 1. The number of phenols is 1. The summed E-state index contributed by atoms with van der Waals surface area (Å²) >= 11 is 1.70. The first-order chi connectivity index (χ1) is 16.6. The van der Waals surface area contributed by atoms with Crippen molar-refractivity contribution >= 4 is 34.3 Å². The third-order valence-corrected chi connectivity index (χ3v) is 7.49. The van der Waals surface area contributed by atoms with Crippen molar-refractivity contribution in [2.24, 2.45) is 0 Å². The molecule has 2 aliphatic rings. The maximum atomic E-state index is 13.1. The van der Waals surface area contributed by atoms with Gasteiger partial charge in [-0.25, -0.2) is 9.97 Å². The highest BCUT2D eigenvalue weighted by molar-refractivity contribution is 8.02. The van der Waals surface area contributed by atoms with E-state index in [0.717, 1.165) is 63.8 Å². The summed E-state index contributed by atoms with van der Waals surface area (Å²) in [6.45, 7) is 0. The molecule has 34 heavy (non-hydrogen) atoms. The largest absolute Gasteiger partial charge is 0.508 e. The van der Waals surface area contributed by atoms with Gasteiger partial charge < -0.3 is 10.4 Å². The predicted octanol–water partition coefficient (Wildman–Crippen LogP) is 5.97. The summed E-state index contributed by atoms with van der Waals surface area (Å²) in [4.78, 5) is 23.0. The normalized spacial score (nSPS) is 16.3. The Morgan fingerprint density at radius 1 is 1.03 bits per heavy atom. The predicted molar refractivity (Wildman–Crippen MR) is 137 cm³/mol. The number of hydrogen-bond donors (Lipinski definition) is 2. The minimum atomic E-state index is -0.0946. The lowest BCUT2D eigenvalue weighted by Crippen LogP contribution is -2.20. The van der Waals surface area contributed by atoms with Gasteiger partial charge in [-0.2, -0.15) is 0 Å². The first-order valence-electron chi connectivity index (χ1n) is 11.4. The molecule has 0 radical (unpaired) electrons. The molecule has 1 unspecified atom stereocenters. The molecule has 4 aromatic rings. The van der Waals surface area contributed by atoms with Crippen LogP contribution in [-0.4, -0.2) is 21.0 Å². The van der Waals surface area contributed by atoms with Crippen molar-refractivity contribution in [3.63, 3.8) is 0 Å². The lowest BCUT2D eigenvalue weighted by atomic mass is 9.91. The highest BCUT2D eigenvalue weighted by atomic mass is 32.2. The first kappa shape index (κ1) is 20.9. The monoisotopic (exact) mass is 465 g/mol. The van der Waals surface area contributed by atoms with Crippen LogP contribution in [0.2, 0.25) is 0 Å². The smallest absolute Gasteiger partial charge is 0.229 e.